The number of anilines is 2. The summed E-state index contributed by atoms with van der Waals surface area (Å²) in [6.07, 6.45) is 16.0. The summed E-state index contributed by atoms with van der Waals surface area (Å²) in [5.74, 6) is 0. The molecule has 0 radical (unpaired) electrons. The van der Waals surface area contributed by atoms with Gasteiger partial charge in [-0.3, -0.25) is 0 Å². The zero-order valence-corrected chi connectivity index (χ0v) is 35.2. The molecule has 0 N–H and O–H groups in total. The average molecular weight is 808 g/mol. The number of benzene rings is 3. The van der Waals surface area contributed by atoms with Gasteiger partial charge in [0.2, 0.25) is 0 Å². The van der Waals surface area contributed by atoms with Crippen LogP contribution in [-0.4, -0.2) is 39.0 Å². The number of hydrogen-bond acceptors (Lipinski definition) is 2. The van der Waals surface area contributed by atoms with Crippen molar-refractivity contribution in [2.45, 2.75) is 136 Å². The second-order valence-electron chi connectivity index (χ2n) is 16.1. The summed E-state index contributed by atoms with van der Waals surface area (Å²) in [6.45, 7) is 15.6. The van der Waals surface area contributed by atoms with E-state index in [0.717, 1.165) is 13.1 Å². The van der Waals surface area contributed by atoms with Crippen LogP contribution in [0.4, 0.5) is 11.4 Å². The van der Waals surface area contributed by atoms with Gasteiger partial charge in [-0.1, -0.05) is 0 Å². The van der Waals surface area contributed by atoms with Crippen molar-refractivity contribution in [1.82, 2.24) is 0 Å². The minimum absolute atomic E-state index is 0.691. The third kappa shape index (κ3) is 5.98. The van der Waals surface area contributed by atoms with Crippen LogP contribution in [0.3, 0.4) is 0 Å². The molecule has 3 aromatic rings. The van der Waals surface area contributed by atoms with Gasteiger partial charge in [0.1, 0.15) is 0 Å². The van der Waals surface area contributed by atoms with Gasteiger partial charge in [0.25, 0.3) is 0 Å². The molecule has 4 aliphatic rings. The minimum atomic E-state index is -4.81. The first kappa shape index (κ1) is 36.0. The van der Waals surface area contributed by atoms with E-state index < -0.39 is 15.8 Å². The number of hydrogen-bond donors (Lipinski definition) is 0. The van der Waals surface area contributed by atoms with Crippen LogP contribution in [0.1, 0.15) is 116 Å². The van der Waals surface area contributed by atoms with Crippen molar-refractivity contribution in [3.8, 4) is 0 Å². The maximum absolute atomic E-state index is 9.39. The molecule has 1 heterocycles. The predicted molar refractivity (Wildman–Crippen MR) is 219 cm³/mol. The van der Waals surface area contributed by atoms with Crippen molar-refractivity contribution in [3.63, 3.8) is 0 Å². The molecule has 3 aliphatic carbocycles. The van der Waals surface area contributed by atoms with Crippen molar-refractivity contribution in [3.05, 3.63) is 93.5 Å². The Balaban J connectivity index is 1.72. The number of nitrogens with zero attached hydrogens (tertiary/aromatic N) is 2. The molecule has 0 aromatic heterocycles. The molecule has 3 saturated carbocycles. The standard InChI is InChI=1S/C21H26N2.C15H27P.C7H6.2ClH.Ru/c1-14-9-16(3)20(17(4)10-14)22-7-8-23(13-22)21-18(5)11-15(2)12-19(21)6;1-2-8-13(7-1)16(14-9-3-4-10-14)15-11-5-6-12-15;1-7-5-3-2-4-6-7;;;/h9-12H,7-8H2,1-6H3;13-15H,1-12H2;1-6H;2*1H;/q;;;;;+1/p-1. The van der Waals surface area contributed by atoms with Gasteiger partial charge < -0.3 is 0 Å². The van der Waals surface area contributed by atoms with E-state index in [9.17, 15) is 19.4 Å². The van der Waals surface area contributed by atoms with E-state index in [-0.39, 0.29) is 0 Å². The Morgan fingerprint density at radius 1 is 0.571 bits per heavy atom. The zero-order chi connectivity index (χ0) is 34.6. The topological polar surface area (TPSA) is 6.48 Å². The Morgan fingerprint density at radius 2 is 0.918 bits per heavy atom. The maximum atomic E-state index is 9.39. The summed E-state index contributed by atoms with van der Waals surface area (Å²) in [6, 6.07) is 20.7. The molecule has 0 unspecified atom stereocenters. The quantitative estimate of drug-likeness (QED) is 0.173. The van der Waals surface area contributed by atoms with Crippen LogP contribution in [0.25, 0.3) is 0 Å². The van der Waals surface area contributed by atoms with Crippen LogP contribution in [0.15, 0.2) is 54.6 Å². The normalized spacial score (nSPS) is 21.1. The molecule has 0 amide bonds. The summed E-state index contributed by atoms with van der Waals surface area (Å²) >= 11 is 0. The molecular weight excluding hydrogens is 747 g/mol. The molecule has 0 spiro atoms. The second kappa shape index (κ2) is 13.9. The molecular formula is C43H60Cl2N2PRu. The molecule has 269 valence electrons. The van der Waals surface area contributed by atoms with Gasteiger partial charge in [0, 0.05) is 0 Å². The molecule has 49 heavy (non-hydrogen) atoms. The Kier molecular flexibility index (Phi) is 10.2. The van der Waals surface area contributed by atoms with E-state index in [1.54, 1.807) is 0 Å². The van der Waals surface area contributed by atoms with Crippen molar-refractivity contribution < 1.29 is 10.2 Å². The Bertz CT molecular complexity index is 1710. The summed E-state index contributed by atoms with van der Waals surface area (Å²) in [5.41, 5.74) is 11.4. The van der Waals surface area contributed by atoms with Gasteiger partial charge in [-0.15, -0.1) is 0 Å². The van der Waals surface area contributed by atoms with Gasteiger partial charge in [-0.05, 0) is 0 Å². The fraction of sp³-hybridized carbons (Fsp3) is 0.535. The second-order valence-corrected chi connectivity index (χ2v) is 44.1. The Labute approximate surface area is 305 Å². The van der Waals surface area contributed by atoms with E-state index in [1.807, 2.05) is 0 Å². The zero-order valence-electron chi connectivity index (χ0n) is 30.9. The fourth-order valence-electron chi connectivity index (χ4n) is 11.4. The van der Waals surface area contributed by atoms with Crippen molar-refractivity contribution in [2.24, 2.45) is 0 Å². The van der Waals surface area contributed by atoms with Gasteiger partial charge in [0.15, 0.2) is 0 Å². The fourth-order valence-corrected chi connectivity index (χ4v) is 59.1. The molecule has 1 aliphatic heterocycles. The summed E-state index contributed by atoms with van der Waals surface area (Å²) in [5, 5.41) is 0. The number of rotatable bonds is 7. The van der Waals surface area contributed by atoms with E-state index in [2.05, 4.69) is 111 Å². The van der Waals surface area contributed by atoms with Crippen LogP contribution in [-0.2, 0) is 10.2 Å². The predicted octanol–water partition coefficient (Wildman–Crippen LogP) is 12.3. The van der Waals surface area contributed by atoms with Crippen LogP contribution in [0.5, 0.6) is 0 Å². The molecule has 6 heteroatoms. The van der Waals surface area contributed by atoms with Crippen molar-refractivity contribution >= 4 is 45.3 Å². The number of halogens is 2. The molecule has 3 aromatic carbocycles. The Hall–Kier alpha value is -1.37. The third-order valence-electron chi connectivity index (χ3n) is 12.7. The van der Waals surface area contributed by atoms with E-state index in [0.29, 0.717) is 17.0 Å². The monoisotopic (exact) mass is 807 g/mol. The third-order valence-corrected chi connectivity index (χ3v) is 49.8. The summed E-state index contributed by atoms with van der Waals surface area (Å²) in [7, 11) is 14.0. The summed E-state index contributed by atoms with van der Waals surface area (Å²) < 4.78 is 3.95. The van der Waals surface area contributed by atoms with Crippen molar-refractivity contribution in [1.29, 1.82) is 0 Å². The van der Waals surface area contributed by atoms with Gasteiger partial charge in [-0.25, -0.2) is 0 Å². The molecule has 7 rings (SSSR count). The van der Waals surface area contributed by atoms with E-state index in [4.69, 9.17) is 0 Å². The first-order chi connectivity index (χ1) is 23.4. The average Bonchev–Trinajstić information content (AvgIpc) is 3.87. The number of aryl methyl sites for hydroxylation is 6. The first-order valence-corrected chi connectivity index (χ1v) is 30.2. The van der Waals surface area contributed by atoms with Crippen LogP contribution < -0.4 is 9.80 Å². The first-order valence-electron chi connectivity index (χ1n) is 19.2. The molecule has 2 nitrogen and oxygen atoms in total. The van der Waals surface area contributed by atoms with Gasteiger partial charge >= 0.3 is 308 Å². The molecule has 4 fully saturated rings. The van der Waals surface area contributed by atoms with Crippen molar-refractivity contribution in [2.75, 3.05) is 22.9 Å². The molecule has 0 atom stereocenters. The Morgan fingerprint density at radius 3 is 1.27 bits per heavy atom. The van der Waals surface area contributed by atoms with Crippen LogP contribution in [0, 0.1) is 41.5 Å². The van der Waals surface area contributed by atoms with Gasteiger partial charge in [-0.2, -0.15) is 0 Å². The van der Waals surface area contributed by atoms with Crippen LogP contribution in [0.2, 0.25) is 0 Å². The summed E-state index contributed by atoms with van der Waals surface area (Å²) in [4.78, 5) is 5.43. The van der Waals surface area contributed by atoms with E-state index >= 15 is 0 Å². The molecule has 1 saturated heterocycles. The van der Waals surface area contributed by atoms with Crippen LogP contribution >= 0.6 is 25.0 Å². The SMILES string of the molecule is Cc1cc(C)c(N2CCN(c3c(C)cc(C)cc3C)[C]2=[Ru]([Cl])([Cl])(=[CH]c2ccccc2)[PH](C2CCCC2)(C2CCCC2)C2CCCC2)c(C)c1. The molecule has 0 bridgehead atoms. The van der Waals surface area contributed by atoms with E-state index in [1.165, 1.54) is 132 Å². The van der Waals surface area contributed by atoms with Gasteiger partial charge in [0.05, 0.1) is 0 Å².